The Balaban J connectivity index is 1.10. The summed E-state index contributed by atoms with van der Waals surface area (Å²) in [6.45, 7) is 14.4. The molecule has 5 nitrogen and oxygen atoms in total. The molecule has 0 saturated carbocycles. The number of anilines is 6. The van der Waals surface area contributed by atoms with E-state index in [0.717, 1.165) is 121 Å². The highest BCUT2D eigenvalue weighted by atomic mass is 28.3. The van der Waals surface area contributed by atoms with E-state index in [1.165, 1.54) is 10.4 Å². The molecule has 10 aromatic carbocycles. The minimum absolute atomic E-state index is 0.812. The van der Waals surface area contributed by atoms with Crippen LogP contribution in [0, 0.1) is 0 Å². The Bertz CT molecular complexity index is 4170. The van der Waals surface area contributed by atoms with Crippen LogP contribution in [0.2, 0.25) is 39.3 Å². The van der Waals surface area contributed by atoms with Gasteiger partial charge in [0.25, 0.3) is 0 Å². The lowest BCUT2D eigenvalue weighted by Crippen LogP contribution is -2.37. The molecule has 0 amide bonds. The van der Waals surface area contributed by atoms with Crippen molar-refractivity contribution in [1.29, 1.82) is 0 Å². The quantitative estimate of drug-likeness (QED) is 0.142. The molecule has 0 spiro atoms. The van der Waals surface area contributed by atoms with Gasteiger partial charge in [0.15, 0.2) is 11.2 Å². The summed E-state index contributed by atoms with van der Waals surface area (Å²) in [5.74, 6) is 0. The van der Waals surface area contributed by atoms with Crippen LogP contribution in [0.5, 0.6) is 0 Å². The van der Waals surface area contributed by atoms with Crippen molar-refractivity contribution in [1.82, 2.24) is 0 Å². The molecule has 0 atom stereocenters. The van der Waals surface area contributed by atoms with Gasteiger partial charge in [-0.3, -0.25) is 0 Å². The summed E-state index contributed by atoms with van der Waals surface area (Å²) in [6.07, 6.45) is 0. The van der Waals surface area contributed by atoms with E-state index in [2.05, 4.69) is 231 Å². The van der Waals surface area contributed by atoms with E-state index in [1.54, 1.807) is 0 Å². The van der Waals surface area contributed by atoms with Crippen LogP contribution in [0.25, 0.3) is 87.4 Å². The lowest BCUT2D eigenvalue weighted by atomic mass is 9.98. The zero-order valence-corrected chi connectivity index (χ0v) is 41.6. The van der Waals surface area contributed by atoms with Crippen LogP contribution in [-0.4, -0.2) is 16.1 Å². The molecular weight excluding hydrogens is 877 g/mol. The molecule has 13 rings (SSSR count). The number of hydrogen-bond donors (Lipinski definition) is 0. The van der Waals surface area contributed by atoms with Crippen LogP contribution in [0.3, 0.4) is 0 Å². The molecular formula is C62H50N2O3Si2. The van der Waals surface area contributed by atoms with Crippen molar-refractivity contribution in [3.63, 3.8) is 0 Å². The number of hydrogen-bond acceptors (Lipinski definition) is 5. The fraction of sp³-hybridized carbons (Fsp3) is 0.0968. The van der Waals surface area contributed by atoms with Crippen LogP contribution in [0.4, 0.5) is 34.1 Å². The van der Waals surface area contributed by atoms with Gasteiger partial charge >= 0.3 is 0 Å². The molecule has 0 bridgehead atoms. The van der Waals surface area contributed by atoms with E-state index in [4.69, 9.17) is 13.3 Å². The first kappa shape index (κ1) is 41.3. The van der Waals surface area contributed by atoms with E-state index < -0.39 is 16.1 Å². The Morgan fingerprint density at radius 3 is 1.16 bits per heavy atom. The fourth-order valence-corrected chi connectivity index (χ4v) is 13.0. The number of fused-ring (bicyclic) bond motifs is 13. The number of rotatable bonds is 8. The molecule has 7 heteroatoms. The van der Waals surface area contributed by atoms with Crippen LogP contribution < -0.4 is 20.2 Å². The first-order valence-electron chi connectivity index (χ1n) is 23.9. The summed E-state index contributed by atoms with van der Waals surface area (Å²) in [7, 11) is -3.17. The summed E-state index contributed by atoms with van der Waals surface area (Å²) in [5, 5.41) is 13.6. The fourth-order valence-electron chi connectivity index (χ4n) is 10.6. The van der Waals surface area contributed by atoms with Gasteiger partial charge in [-0.25, -0.2) is 0 Å². The van der Waals surface area contributed by atoms with Gasteiger partial charge in [-0.2, -0.15) is 0 Å². The largest absolute Gasteiger partial charge is 0.455 e. The predicted octanol–water partition coefficient (Wildman–Crippen LogP) is 17.7. The van der Waals surface area contributed by atoms with E-state index in [1.807, 2.05) is 12.1 Å². The van der Waals surface area contributed by atoms with Crippen molar-refractivity contribution >= 4 is 148 Å². The second kappa shape index (κ2) is 15.3. The lowest BCUT2D eigenvalue weighted by molar-refractivity contribution is 0.668. The number of benzene rings is 10. The van der Waals surface area contributed by atoms with Crippen LogP contribution in [0.1, 0.15) is 0 Å². The average molecular weight is 927 g/mol. The van der Waals surface area contributed by atoms with Gasteiger partial charge in [0.1, 0.15) is 22.3 Å². The average Bonchev–Trinajstić information content (AvgIpc) is 4.06. The highest BCUT2D eigenvalue weighted by Gasteiger charge is 2.28. The Kier molecular flexibility index (Phi) is 9.19. The Labute approximate surface area is 402 Å². The summed E-state index contributed by atoms with van der Waals surface area (Å²) in [4.78, 5) is 4.77. The third kappa shape index (κ3) is 6.56. The van der Waals surface area contributed by atoms with Crippen molar-refractivity contribution in [3.05, 3.63) is 194 Å². The molecule has 0 radical (unpaired) electrons. The molecule has 0 aliphatic carbocycles. The van der Waals surface area contributed by atoms with Crippen molar-refractivity contribution in [2.75, 3.05) is 9.80 Å². The van der Waals surface area contributed by atoms with E-state index in [9.17, 15) is 0 Å². The Morgan fingerprint density at radius 2 is 0.667 bits per heavy atom. The maximum absolute atomic E-state index is 7.27. The third-order valence-corrected chi connectivity index (χ3v) is 18.3. The van der Waals surface area contributed by atoms with Crippen molar-refractivity contribution in [3.8, 4) is 0 Å². The highest BCUT2D eigenvalue weighted by Crippen LogP contribution is 2.51. The Morgan fingerprint density at radius 1 is 0.290 bits per heavy atom. The summed E-state index contributed by atoms with van der Waals surface area (Å²) in [5.41, 5.74) is 11.2. The molecule has 3 heterocycles. The molecule has 0 N–H and O–H groups in total. The first-order chi connectivity index (χ1) is 33.5. The monoisotopic (exact) mass is 926 g/mol. The summed E-state index contributed by atoms with van der Waals surface area (Å²) >= 11 is 0. The zero-order valence-electron chi connectivity index (χ0n) is 39.6. The molecule has 0 fully saturated rings. The van der Waals surface area contributed by atoms with Gasteiger partial charge in [0.05, 0.1) is 38.9 Å². The van der Waals surface area contributed by atoms with Gasteiger partial charge in [-0.05, 0) is 60.0 Å². The molecule has 334 valence electrons. The summed E-state index contributed by atoms with van der Waals surface area (Å²) < 4.78 is 20.9. The standard InChI is InChI=1S/C62H50N2O3Si2/c1-68(2,3)41-33-29-39(30-34-41)63(52-25-15-23-49-45-19-11-13-27-56(45)65-61(49)52)54-37-51-59-47-21-9-7-17-43(47)55(38-58(59)67-60(51)48-22-10-8-18-44(48)54)64(40-31-35-42(36-32-40)69(4,5)6)53-26-16-24-50-46-20-12-14-28-57(46)66-62(50)53/h7-38H,1-6H3. The van der Waals surface area contributed by atoms with E-state index in [0.29, 0.717) is 0 Å². The zero-order chi connectivity index (χ0) is 46.8. The van der Waals surface area contributed by atoms with Crippen molar-refractivity contribution in [2.24, 2.45) is 0 Å². The van der Waals surface area contributed by atoms with Gasteiger partial charge in [0.2, 0.25) is 0 Å². The minimum atomic E-state index is -1.59. The first-order valence-corrected chi connectivity index (χ1v) is 30.9. The van der Waals surface area contributed by atoms with E-state index >= 15 is 0 Å². The lowest BCUT2D eigenvalue weighted by Gasteiger charge is -2.28. The van der Waals surface area contributed by atoms with E-state index in [-0.39, 0.29) is 0 Å². The highest BCUT2D eigenvalue weighted by molar-refractivity contribution is 6.89. The number of para-hydroxylation sites is 4. The Hall–Kier alpha value is -7.85. The summed E-state index contributed by atoms with van der Waals surface area (Å²) in [6, 6.07) is 70.2. The maximum atomic E-state index is 7.27. The van der Waals surface area contributed by atoms with Crippen LogP contribution >= 0.6 is 0 Å². The van der Waals surface area contributed by atoms with Crippen molar-refractivity contribution < 1.29 is 13.3 Å². The maximum Gasteiger partial charge on any atom is 0.159 e. The van der Waals surface area contributed by atoms with Gasteiger partial charge in [-0.1, -0.05) is 183 Å². The molecule has 0 unspecified atom stereocenters. The smallest absolute Gasteiger partial charge is 0.159 e. The molecule has 0 saturated heterocycles. The SMILES string of the molecule is C[Si](C)(C)c1ccc(N(c2cc3c(oc4cc(N(c5ccc([Si](C)(C)C)cc5)c5cccc6c5oc5ccccc56)c5ccccc5c43)c3ccccc23)c2cccc3c2oc2ccccc23)cc1. The molecule has 69 heavy (non-hydrogen) atoms. The number of furan rings is 3. The number of nitrogens with zero attached hydrogens (tertiary/aromatic N) is 2. The second-order valence-electron chi connectivity index (χ2n) is 20.5. The second-order valence-corrected chi connectivity index (χ2v) is 30.7. The molecule has 3 aromatic heterocycles. The third-order valence-electron chi connectivity index (χ3n) is 14.2. The molecule has 13 aromatic rings. The van der Waals surface area contributed by atoms with Gasteiger partial charge in [-0.15, -0.1) is 0 Å². The normalized spacial score (nSPS) is 12.5. The topological polar surface area (TPSA) is 45.9 Å². The van der Waals surface area contributed by atoms with Crippen molar-refractivity contribution in [2.45, 2.75) is 39.3 Å². The van der Waals surface area contributed by atoms with Crippen LogP contribution in [-0.2, 0) is 0 Å². The van der Waals surface area contributed by atoms with Crippen LogP contribution in [0.15, 0.2) is 207 Å². The molecule has 0 aliphatic rings. The van der Waals surface area contributed by atoms with Gasteiger partial charge < -0.3 is 23.1 Å². The minimum Gasteiger partial charge on any atom is -0.455 e. The van der Waals surface area contributed by atoms with Gasteiger partial charge in [0, 0.05) is 65.9 Å². The predicted molar refractivity (Wildman–Crippen MR) is 299 cm³/mol. The molecule has 0 aliphatic heterocycles.